The van der Waals surface area contributed by atoms with Gasteiger partial charge in [-0.15, -0.1) is 0 Å². The molecule has 0 amide bonds. The number of rotatable bonds is 4. The van der Waals surface area contributed by atoms with Crippen molar-refractivity contribution in [1.82, 2.24) is 14.5 Å². The Bertz CT molecular complexity index is 1190. The van der Waals surface area contributed by atoms with Gasteiger partial charge in [0, 0.05) is 28.5 Å². The predicted octanol–water partition coefficient (Wildman–Crippen LogP) is 7.18. The van der Waals surface area contributed by atoms with Gasteiger partial charge in [-0.25, -0.2) is 9.97 Å². The number of fused-ring (bicyclic) bond motifs is 1. The molecule has 0 saturated heterocycles. The monoisotopic (exact) mass is 430 g/mol. The average molecular weight is 431 g/mol. The normalized spacial score (nSPS) is 15.2. The molecule has 0 radical (unpaired) electrons. The van der Waals surface area contributed by atoms with Gasteiger partial charge in [0.2, 0.25) is 0 Å². The van der Waals surface area contributed by atoms with Crippen molar-refractivity contribution in [3.63, 3.8) is 0 Å². The summed E-state index contributed by atoms with van der Waals surface area (Å²) in [6, 6.07) is 17.1. The van der Waals surface area contributed by atoms with Crippen molar-refractivity contribution in [2.24, 2.45) is 0 Å². The maximum atomic E-state index is 6.46. The van der Waals surface area contributed by atoms with Gasteiger partial charge in [-0.2, -0.15) is 0 Å². The number of halogens is 1. The van der Waals surface area contributed by atoms with E-state index in [0.29, 0.717) is 6.04 Å². The van der Waals surface area contributed by atoms with Crippen molar-refractivity contribution < 1.29 is 0 Å². The molecule has 1 N–H and O–H groups in total. The van der Waals surface area contributed by atoms with E-state index in [9.17, 15) is 0 Å². The van der Waals surface area contributed by atoms with E-state index in [2.05, 4.69) is 52.5 Å². The maximum absolute atomic E-state index is 6.46. The van der Waals surface area contributed by atoms with Crippen LogP contribution in [0.3, 0.4) is 0 Å². The third kappa shape index (κ3) is 4.05. The number of hydrogen-bond acceptors (Lipinski definition) is 3. The van der Waals surface area contributed by atoms with Gasteiger partial charge in [-0.05, 0) is 43.0 Å². The van der Waals surface area contributed by atoms with Gasteiger partial charge in [0.05, 0.1) is 5.39 Å². The molecule has 0 aliphatic heterocycles. The highest BCUT2D eigenvalue weighted by Gasteiger charge is 2.20. The number of nitrogens with zero attached hydrogens (tertiary/aromatic N) is 3. The highest BCUT2D eigenvalue weighted by atomic mass is 35.5. The number of nitrogens with one attached hydrogen (secondary N) is 1. The molecule has 0 unspecified atom stereocenters. The lowest BCUT2D eigenvalue weighted by molar-refractivity contribution is 0.618. The van der Waals surface area contributed by atoms with E-state index in [1.807, 2.05) is 19.1 Å². The molecule has 0 spiro atoms. The summed E-state index contributed by atoms with van der Waals surface area (Å²) in [5.41, 5.74) is 5.24. The second-order valence-corrected chi connectivity index (χ2v) is 8.87. The van der Waals surface area contributed by atoms with Gasteiger partial charge in [-0.1, -0.05) is 73.7 Å². The zero-order valence-corrected chi connectivity index (χ0v) is 18.6. The van der Waals surface area contributed by atoms with Crippen LogP contribution in [-0.4, -0.2) is 20.6 Å². The van der Waals surface area contributed by atoms with Crippen LogP contribution >= 0.6 is 11.6 Å². The Hall–Kier alpha value is -2.85. The van der Waals surface area contributed by atoms with Crippen LogP contribution < -0.4 is 5.32 Å². The summed E-state index contributed by atoms with van der Waals surface area (Å²) in [5.74, 6) is 0.924. The molecule has 1 aliphatic rings. The first-order valence-electron chi connectivity index (χ1n) is 11.2. The van der Waals surface area contributed by atoms with Gasteiger partial charge in [0.25, 0.3) is 0 Å². The predicted molar refractivity (Wildman–Crippen MR) is 129 cm³/mol. The van der Waals surface area contributed by atoms with Crippen molar-refractivity contribution in [3.05, 3.63) is 71.6 Å². The fraction of sp³-hybridized carbons (Fsp3) is 0.308. The van der Waals surface area contributed by atoms with Crippen molar-refractivity contribution in [2.45, 2.75) is 51.5 Å². The van der Waals surface area contributed by atoms with Crippen molar-refractivity contribution >= 4 is 28.5 Å². The van der Waals surface area contributed by atoms with E-state index in [1.165, 1.54) is 38.5 Å². The number of anilines is 1. The standard InChI is InChI=1S/C26H27ClN4/c1-18-13-14-21(15-23(18)27)31-16-22(19-9-5-4-6-10-19)24-25(28-17-29-26(24)31)30-20-11-7-2-3-8-12-20/h4-6,9-10,13-17,20H,2-3,7-8,11-12H2,1H3,(H,28,29,30). The number of benzene rings is 2. The Morgan fingerprint density at radius 1 is 0.968 bits per heavy atom. The maximum Gasteiger partial charge on any atom is 0.150 e. The fourth-order valence-corrected chi connectivity index (χ4v) is 4.73. The minimum absolute atomic E-state index is 0.460. The molecule has 1 saturated carbocycles. The van der Waals surface area contributed by atoms with Gasteiger partial charge >= 0.3 is 0 Å². The minimum atomic E-state index is 0.460. The highest BCUT2D eigenvalue weighted by molar-refractivity contribution is 6.31. The summed E-state index contributed by atoms with van der Waals surface area (Å²) in [6.45, 7) is 2.02. The van der Waals surface area contributed by atoms with Crippen LogP contribution in [0.25, 0.3) is 27.8 Å². The zero-order valence-electron chi connectivity index (χ0n) is 17.8. The molecule has 31 heavy (non-hydrogen) atoms. The molecule has 1 aliphatic carbocycles. The summed E-state index contributed by atoms with van der Waals surface area (Å²) >= 11 is 6.46. The number of hydrogen-bond donors (Lipinski definition) is 1. The molecule has 0 atom stereocenters. The molecule has 5 rings (SSSR count). The second kappa shape index (κ2) is 8.72. The third-order valence-electron chi connectivity index (χ3n) is 6.30. The lowest BCUT2D eigenvalue weighted by Crippen LogP contribution is -2.19. The van der Waals surface area contributed by atoms with Crippen LogP contribution in [-0.2, 0) is 0 Å². The molecule has 0 bridgehead atoms. The van der Waals surface area contributed by atoms with Gasteiger partial charge < -0.3 is 9.88 Å². The molecule has 2 aromatic heterocycles. The van der Waals surface area contributed by atoms with E-state index in [-0.39, 0.29) is 0 Å². The van der Waals surface area contributed by atoms with Gasteiger partial charge in [0.15, 0.2) is 5.65 Å². The topological polar surface area (TPSA) is 42.7 Å². The average Bonchev–Trinajstić information content (AvgIpc) is 3.00. The second-order valence-electron chi connectivity index (χ2n) is 8.47. The first kappa shape index (κ1) is 20.1. The van der Waals surface area contributed by atoms with E-state index in [4.69, 9.17) is 21.6 Å². The zero-order chi connectivity index (χ0) is 21.2. The fourth-order valence-electron chi connectivity index (χ4n) is 4.55. The van der Waals surface area contributed by atoms with Crippen LogP contribution in [0.4, 0.5) is 5.82 Å². The van der Waals surface area contributed by atoms with Gasteiger partial charge in [-0.3, -0.25) is 0 Å². The van der Waals surface area contributed by atoms with E-state index in [1.54, 1.807) is 6.33 Å². The molecular formula is C26H27ClN4. The van der Waals surface area contributed by atoms with E-state index >= 15 is 0 Å². The highest BCUT2D eigenvalue weighted by Crippen LogP contribution is 2.36. The number of aromatic nitrogens is 3. The molecule has 4 nitrogen and oxygen atoms in total. The molecule has 5 heteroatoms. The largest absolute Gasteiger partial charge is 0.367 e. The van der Waals surface area contributed by atoms with Crippen LogP contribution in [0, 0.1) is 6.92 Å². The number of aryl methyl sites for hydroxylation is 1. The molecule has 4 aromatic rings. The Morgan fingerprint density at radius 3 is 2.48 bits per heavy atom. The molecule has 2 aromatic carbocycles. The lowest BCUT2D eigenvalue weighted by atomic mass is 10.1. The Morgan fingerprint density at radius 2 is 1.74 bits per heavy atom. The summed E-state index contributed by atoms with van der Waals surface area (Å²) in [5, 5.41) is 5.59. The minimum Gasteiger partial charge on any atom is -0.367 e. The Labute approximate surface area is 188 Å². The van der Waals surface area contributed by atoms with Crippen LogP contribution in [0.5, 0.6) is 0 Å². The molecule has 2 heterocycles. The molecular weight excluding hydrogens is 404 g/mol. The quantitative estimate of drug-likeness (QED) is 0.348. The molecule has 1 fully saturated rings. The molecule has 158 valence electrons. The summed E-state index contributed by atoms with van der Waals surface area (Å²) in [6.07, 6.45) is 11.4. The lowest BCUT2D eigenvalue weighted by Gasteiger charge is -2.18. The Balaban J connectivity index is 1.68. The summed E-state index contributed by atoms with van der Waals surface area (Å²) in [4.78, 5) is 9.39. The van der Waals surface area contributed by atoms with Crippen molar-refractivity contribution in [1.29, 1.82) is 0 Å². The SMILES string of the molecule is Cc1ccc(-n2cc(-c3ccccc3)c3c(NC4CCCCCC4)ncnc32)cc1Cl. The summed E-state index contributed by atoms with van der Waals surface area (Å²) < 4.78 is 2.13. The van der Waals surface area contributed by atoms with Crippen LogP contribution in [0.1, 0.15) is 44.1 Å². The van der Waals surface area contributed by atoms with Crippen LogP contribution in [0.2, 0.25) is 5.02 Å². The van der Waals surface area contributed by atoms with Gasteiger partial charge in [0.1, 0.15) is 12.1 Å². The van der Waals surface area contributed by atoms with Crippen LogP contribution in [0.15, 0.2) is 61.1 Å². The first-order chi connectivity index (χ1) is 15.2. The smallest absolute Gasteiger partial charge is 0.150 e. The summed E-state index contributed by atoms with van der Waals surface area (Å²) in [7, 11) is 0. The third-order valence-corrected chi connectivity index (χ3v) is 6.70. The van der Waals surface area contributed by atoms with Crippen molar-refractivity contribution in [3.8, 4) is 16.8 Å². The van der Waals surface area contributed by atoms with E-state index < -0.39 is 0 Å². The van der Waals surface area contributed by atoms with Crippen molar-refractivity contribution in [2.75, 3.05) is 5.32 Å². The first-order valence-corrected chi connectivity index (χ1v) is 11.5. The van der Waals surface area contributed by atoms with E-state index in [0.717, 1.165) is 44.3 Å². The Kier molecular flexibility index (Phi) is 5.65.